The molecular weight excluding hydrogens is 474 g/mol. The molecule has 8 heteroatoms. The molecule has 1 aliphatic rings. The number of benzene rings is 3. The maximum Gasteiger partial charge on any atom is 0.300 e. The summed E-state index contributed by atoms with van der Waals surface area (Å²) in [6, 6.07) is 16.5. The van der Waals surface area contributed by atoms with Crippen molar-refractivity contribution in [2.24, 2.45) is 0 Å². The fourth-order valence-corrected chi connectivity index (χ4v) is 4.42. The standard InChI is InChI=1S/C29H29NO7/c1-6-17-7-9-18(10-8-17)26-25(27(31)19-11-12-23(36-4)24(13-19)37-5)28(32)29(33)30(26)20-14-21(34-2)16-22(15-20)35-3/h7-16,26,31H,6H2,1-5H3/b27-25+. The third kappa shape index (κ3) is 4.70. The van der Waals surface area contributed by atoms with Gasteiger partial charge in [-0.25, -0.2) is 0 Å². The quantitative estimate of drug-likeness (QED) is 0.265. The first-order chi connectivity index (χ1) is 17.9. The highest BCUT2D eigenvalue weighted by molar-refractivity contribution is 6.51. The van der Waals surface area contributed by atoms with Gasteiger partial charge in [-0.3, -0.25) is 14.5 Å². The van der Waals surface area contributed by atoms with Crippen LogP contribution in [0.1, 0.15) is 29.7 Å². The number of anilines is 1. The SMILES string of the molecule is CCc1ccc(C2/C(=C(\O)c3ccc(OC)c(OC)c3)C(=O)C(=O)N2c2cc(OC)cc(OC)c2)cc1. The number of carbonyl (C=O) groups excluding carboxylic acids is 2. The lowest BCUT2D eigenvalue weighted by atomic mass is 9.94. The molecule has 1 amide bonds. The summed E-state index contributed by atoms with van der Waals surface area (Å²) >= 11 is 0. The van der Waals surface area contributed by atoms with E-state index in [9.17, 15) is 14.7 Å². The lowest BCUT2D eigenvalue weighted by molar-refractivity contribution is -0.132. The van der Waals surface area contributed by atoms with Crippen LogP contribution in [0.2, 0.25) is 0 Å². The van der Waals surface area contributed by atoms with Crippen LogP contribution in [-0.4, -0.2) is 45.2 Å². The van der Waals surface area contributed by atoms with E-state index < -0.39 is 17.7 Å². The zero-order valence-corrected chi connectivity index (χ0v) is 21.4. The number of Topliss-reactive ketones (excluding diaryl/α,β-unsaturated/α-hetero) is 1. The molecular formula is C29H29NO7. The normalized spacial score (nSPS) is 16.6. The molecule has 1 atom stereocenters. The molecule has 3 aromatic rings. The van der Waals surface area contributed by atoms with Gasteiger partial charge in [0.15, 0.2) is 11.5 Å². The molecule has 0 radical (unpaired) electrons. The Balaban J connectivity index is 1.96. The Labute approximate surface area is 215 Å². The number of aryl methyl sites for hydroxylation is 1. The predicted octanol–water partition coefficient (Wildman–Crippen LogP) is 4.91. The summed E-state index contributed by atoms with van der Waals surface area (Å²) in [4.78, 5) is 28.3. The Hall–Kier alpha value is -4.46. The molecule has 3 aromatic carbocycles. The molecule has 37 heavy (non-hydrogen) atoms. The fraction of sp³-hybridized carbons (Fsp3) is 0.241. The highest BCUT2D eigenvalue weighted by atomic mass is 16.5. The van der Waals surface area contributed by atoms with E-state index in [0.717, 1.165) is 12.0 Å². The predicted molar refractivity (Wildman–Crippen MR) is 140 cm³/mol. The van der Waals surface area contributed by atoms with Crippen molar-refractivity contribution in [3.05, 3.63) is 82.9 Å². The number of rotatable bonds is 8. The summed E-state index contributed by atoms with van der Waals surface area (Å²) < 4.78 is 21.4. The van der Waals surface area contributed by atoms with Crippen LogP contribution in [0.5, 0.6) is 23.0 Å². The highest BCUT2D eigenvalue weighted by Gasteiger charge is 2.47. The Morgan fingerprint density at radius 3 is 1.97 bits per heavy atom. The van der Waals surface area contributed by atoms with Crippen LogP contribution < -0.4 is 23.8 Å². The number of aliphatic hydroxyl groups excluding tert-OH is 1. The topological polar surface area (TPSA) is 94.5 Å². The largest absolute Gasteiger partial charge is 0.507 e. The van der Waals surface area contributed by atoms with Crippen molar-refractivity contribution in [1.29, 1.82) is 0 Å². The second-order valence-electron chi connectivity index (χ2n) is 8.40. The third-order valence-corrected chi connectivity index (χ3v) is 6.42. The lowest BCUT2D eigenvalue weighted by Crippen LogP contribution is -2.29. The molecule has 8 nitrogen and oxygen atoms in total. The molecule has 1 saturated heterocycles. The van der Waals surface area contributed by atoms with E-state index in [2.05, 4.69) is 0 Å². The van der Waals surface area contributed by atoms with Crippen LogP contribution in [0.3, 0.4) is 0 Å². The van der Waals surface area contributed by atoms with Crippen molar-refractivity contribution in [2.45, 2.75) is 19.4 Å². The van der Waals surface area contributed by atoms with Gasteiger partial charge in [0.05, 0.1) is 45.7 Å². The summed E-state index contributed by atoms with van der Waals surface area (Å²) in [5.74, 6) is -0.147. The van der Waals surface area contributed by atoms with Gasteiger partial charge in [-0.15, -0.1) is 0 Å². The molecule has 1 heterocycles. The zero-order chi connectivity index (χ0) is 26.7. The molecule has 0 aliphatic carbocycles. The minimum Gasteiger partial charge on any atom is -0.507 e. The Morgan fingerprint density at radius 2 is 1.43 bits per heavy atom. The van der Waals surface area contributed by atoms with Gasteiger partial charge in [0, 0.05) is 23.8 Å². The number of aliphatic hydroxyl groups is 1. The number of hydrogen-bond acceptors (Lipinski definition) is 7. The van der Waals surface area contributed by atoms with E-state index in [1.807, 2.05) is 31.2 Å². The molecule has 1 fully saturated rings. The van der Waals surface area contributed by atoms with Gasteiger partial charge in [-0.1, -0.05) is 31.2 Å². The third-order valence-electron chi connectivity index (χ3n) is 6.42. The first-order valence-corrected chi connectivity index (χ1v) is 11.7. The average molecular weight is 504 g/mol. The van der Waals surface area contributed by atoms with Crippen molar-refractivity contribution in [1.82, 2.24) is 0 Å². The first kappa shape index (κ1) is 25.6. The maximum atomic E-state index is 13.5. The first-order valence-electron chi connectivity index (χ1n) is 11.7. The van der Waals surface area contributed by atoms with E-state index >= 15 is 0 Å². The van der Waals surface area contributed by atoms with E-state index in [4.69, 9.17) is 18.9 Å². The van der Waals surface area contributed by atoms with Gasteiger partial charge < -0.3 is 24.1 Å². The number of ether oxygens (including phenoxy) is 4. The molecule has 0 bridgehead atoms. The molecule has 1 aliphatic heterocycles. The van der Waals surface area contributed by atoms with Crippen LogP contribution in [0.15, 0.2) is 66.2 Å². The van der Waals surface area contributed by atoms with E-state index in [-0.39, 0.29) is 11.3 Å². The molecule has 1 N–H and O–H groups in total. The number of nitrogens with zero attached hydrogens (tertiary/aromatic N) is 1. The number of carbonyl (C=O) groups is 2. The smallest absolute Gasteiger partial charge is 0.300 e. The highest BCUT2D eigenvalue weighted by Crippen LogP contribution is 2.44. The van der Waals surface area contributed by atoms with Crippen LogP contribution in [0.4, 0.5) is 5.69 Å². The van der Waals surface area contributed by atoms with Gasteiger partial charge in [0.25, 0.3) is 11.7 Å². The van der Waals surface area contributed by atoms with Crippen LogP contribution in [-0.2, 0) is 16.0 Å². The Kier molecular flexibility index (Phi) is 7.38. The number of amides is 1. The van der Waals surface area contributed by atoms with Gasteiger partial charge in [-0.2, -0.15) is 0 Å². The van der Waals surface area contributed by atoms with Crippen LogP contribution in [0, 0.1) is 0 Å². The minimum absolute atomic E-state index is 0.0387. The van der Waals surface area contributed by atoms with Gasteiger partial charge in [0.1, 0.15) is 17.3 Å². The fourth-order valence-electron chi connectivity index (χ4n) is 4.42. The summed E-state index contributed by atoms with van der Waals surface area (Å²) in [6.45, 7) is 2.04. The molecule has 192 valence electrons. The molecule has 0 aromatic heterocycles. The monoisotopic (exact) mass is 503 g/mol. The molecule has 1 unspecified atom stereocenters. The van der Waals surface area contributed by atoms with Crippen LogP contribution >= 0.6 is 0 Å². The van der Waals surface area contributed by atoms with Gasteiger partial charge in [0.2, 0.25) is 0 Å². The van der Waals surface area contributed by atoms with Crippen molar-refractivity contribution in [3.63, 3.8) is 0 Å². The Morgan fingerprint density at radius 1 is 0.811 bits per heavy atom. The molecule has 0 saturated carbocycles. The second-order valence-corrected chi connectivity index (χ2v) is 8.40. The van der Waals surface area contributed by atoms with Gasteiger partial charge in [-0.05, 0) is 35.7 Å². The Bertz CT molecular complexity index is 1340. The van der Waals surface area contributed by atoms with E-state index in [1.165, 1.54) is 33.3 Å². The summed E-state index contributed by atoms with van der Waals surface area (Å²) in [7, 11) is 5.99. The van der Waals surface area contributed by atoms with Crippen molar-refractivity contribution < 1.29 is 33.6 Å². The lowest BCUT2D eigenvalue weighted by Gasteiger charge is -2.26. The average Bonchev–Trinajstić information content (AvgIpc) is 3.21. The molecule has 0 spiro atoms. The maximum absolute atomic E-state index is 13.5. The van der Waals surface area contributed by atoms with Gasteiger partial charge >= 0.3 is 0 Å². The number of methoxy groups -OCH3 is 4. The minimum atomic E-state index is -0.893. The van der Waals surface area contributed by atoms with Crippen molar-refractivity contribution >= 4 is 23.1 Å². The zero-order valence-electron chi connectivity index (χ0n) is 21.4. The van der Waals surface area contributed by atoms with Crippen LogP contribution in [0.25, 0.3) is 5.76 Å². The van der Waals surface area contributed by atoms with E-state index in [0.29, 0.717) is 39.8 Å². The van der Waals surface area contributed by atoms with E-state index in [1.54, 1.807) is 36.4 Å². The second kappa shape index (κ2) is 10.7. The van der Waals surface area contributed by atoms with Crippen molar-refractivity contribution in [3.8, 4) is 23.0 Å². The number of ketones is 1. The summed E-state index contributed by atoms with van der Waals surface area (Å²) in [5.41, 5.74) is 2.44. The number of hydrogen-bond donors (Lipinski definition) is 1. The van der Waals surface area contributed by atoms with Crippen molar-refractivity contribution in [2.75, 3.05) is 33.3 Å². The molecule has 4 rings (SSSR count). The summed E-state index contributed by atoms with van der Waals surface area (Å²) in [6.07, 6.45) is 0.833. The summed E-state index contributed by atoms with van der Waals surface area (Å²) in [5, 5.41) is 11.4.